The van der Waals surface area contributed by atoms with E-state index in [9.17, 15) is 43.5 Å². The predicted molar refractivity (Wildman–Crippen MR) is 204 cm³/mol. The molecule has 0 bridgehead atoms. The van der Waals surface area contributed by atoms with Crippen LogP contribution < -0.4 is 60.6 Å². The molecule has 7 atom stereocenters. The highest BCUT2D eigenvalue weighted by atomic mass is 16.4. The van der Waals surface area contributed by atoms with Gasteiger partial charge in [0.15, 0.2) is 5.96 Å². The van der Waals surface area contributed by atoms with Crippen molar-refractivity contribution in [2.45, 2.75) is 129 Å². The van der Waals surface area contributed by atoms with Crippen molar-refractivity contribution >= 4 is 53.3 Å². The molecule has 0 aliphatic carbocycles. The monoisotopic (exact) mass is 784 g/mol. The summed E-state index contributed by atoms with van der Waals surface area (Å²) in [6.07, 6.45) is 1.40. The maximum Gasteiger partial charge on any atom is 0.326 e. The normalized spacial score (nSPS) is 14.8. The van der Waals surface area contributed by atoms with E-state index in [1.807, 2.05) is 0 Å². The summed E-state index contributed by atoms with van der Waals surface area (Å²) in [6, 6.07) is -7.38. The van der Waals surface area contributed by atoms with Crippen LogP contribution in [0.3, 0.4) is 0 Å². The molecule has 7 amide bonds. The molecule has 55 heavy (non-hydrogen) atoms. The van der Waals surface area contributed by atoms with E-state index < -0.39 is 89.5 Å². The number of carboxylic acids is 1. The Morgan fingerprint density at radius 3 is 1.67 bits per heavy atom. The molecule has 0 saturated heterocycles. The number of nitrogens with one attached hydrogen (secondary N) is 6. The third-order valence-electron chi connectivity index (χ3n) is 8.54. The van der Waals surface area contributed by atoms with Gasteiger partial charge in [0.2, 0.25) is 41.4 Å². The molecule has 0 aromatic rings. The van der Waals surface area contributed by atoms with E-state index in [4.69, 9.17) is 28.7 Å². The van der Waals surface area contributed by atoms with Crippen LogP contribution in [-0.2, 0) is 38.4 Å². The molecule has 0 aromatic carbocycles. The number of nitrogens with two attached hydrogens (primary N) is 5. The molecule has 21 nitrogen and oxygen atoms in total. The Morgan fingerprint density at radius 2 is 1.16 bits per heavy atom. The van der Waals surface area contributed by atoms with E-state index in [0.717, 1.165) is 0 Å². The Labute approximate surface area is 322 Å². The SMILES string of the molecule is CC[C@H](C)[C@H](NC(=O)[C@H](C)NC(=O)[C@H](CCCCN)NC(=O)CN)C(=O)N[C@@H](CCC(N)=O)C(=O)N[C@@H](CCCN=C(N)N)C(=O)N[C@@H](CC(C)C)C(=O)O. The van der Waals surface area contributed by atoms with Crippen LogP contribution in [0.2, 0.25) is 0 Å². The lowest BCUT2D eigenvalue weighted by Crippen LogP contribution is -2.60. The molecule has 21 heteroatoms. The smallest absolute Gasteiger partial charge is 0.326 e. The summed E-state index contributed by atoms with van der Waals surface area (Å²) in [6.45, 7) is 8.50. The summed E-state index contributed by atoms with van der Waals surface area (Å²) < 4.78 is 0. The lowest BCUT2D eigenvalue weighted by molar-refractivity contribution is -0.143. The molecule has 0 aromatic heterocycles. The second kappa shape index (κ2) is 26.7. The number of hydrogen-bond donors (Lipinski definition) is 12. The number of carbonyl (C=O) groups excluding carboxylic acids is 7. The minimum atomic E-state index is -1.43. The van der Waals surface area contributed by atoms with Crippen molar-refractivity contribution in [3.8, 4) is 0 Å². The van der Waals surface area contributed by atoms with Crippen molar-refractivity contribution in [3.63, 3.8) is 0 Å². The first-order chi connectivity index (χ1) is 25.8. The van der Waals surface area contributed by atoms with Crippen LogP contribution in [0.1, 0.15) is 92.4 Å². The lowest BCUT2D eigenvalue weighted by Gasteiger charge is -2.29. The highest BCUT2D eigenvalue weighted by Gasteiger charge is 2.34. The maximum atomic E-state index is 13.7. The number of carbonyl (C=O) groups is 8. The van der Waals surface area contributed by atoms with Crippen LogP contribution in [0.25, 0.3) is 0 Å². The highest BCUT2D eigenvalue weighted by Crippen LogP contribution is 2.12. The first-order valence-corrected chi connectivity index (χ1v) is 18.5. The van der Waals surface area contributed by atoms with E-state index >= 15 is 0 Å². The first-order valence-electron chi connectivity index (χ1n) is 18.5. The number of guanidine groups is 1. The quantitative estimate of drug-likeness (QED) is 0.0208. The molecule has 0 rings (SSSR count). The number of primary amides is 1. The fraction of sp³-hybridized carbons (Fsp3) is 0.735. The summed E-state index contributed by atoms with van der Waals surface area (Å²) in [5, 5.41) is 24.9. The van der Waals surface area contributed by atoms with Gasteiger partial charge in [0.05, 0.1) is 6.54 Å². The zero-order valence-electron chi connectivity index (χ0n) is 32.7. The molecular weight excluding hydrogens is 720 g/mol. The third kappa shape index (κ3) is 20.8. The molecule has 0 radical (unpaired) electrons. The Balaban J connectivity index is 6.21. The van der Waals surface area contributed by atoms with Gasteiger partial charge >= 0.3 is 5.97 Å². The highest BCUT2D eigenvalue weighted by molar-refractivity contribution is 5.97. The number of aliphatic carboxylic acids is 1. The van der Waals surface area contributed by atoms with Gasteiger partial charge in [-0.2, -0.15) is 0 Å². The second-order valence-electron chi connectivity index (χ2n) is 13.8. The fourth-order valence-corrected chi connectivity index (χ4v) is 5.20. The first kappa shape index (κ1) is 49.9. The minimum Gasteiger partial charge on any atom is -0.480 e. The summed E-state index contributed by atoms with van der Waals surface area (Å²) in [7, 11) is 0. The topological polar surface area (TPSA) is 371 Å². The van der Waals surface area contributed by atoms with Crippen LogP contribution in [0, 0.1) is 11.8 Å². The average molecular weight is 785 g/mol. The van der Waals surface area contributed by atoms with Crippen LogP contribution in [0.4, 0.5) is 0 Å². The second-order valence-corrected chi connectivity index (χ2v) is 13.8. The van der Waals surface area contributed by atoms with E-state index in [-0.39, 0.29) is 63.5 Å². The average Bonchev–Trinajstić information content (AvgIpc) is 3.11. The van der Waals surface area contributed by atoms with Gasteiger partial charge in [-0.05, 0) is 70.3 Å². The molecule has 0 spiro atoms. The van der Waals surface area contributed by atoms with Gasteiger partial charge in [-0.15, -0.1) is 0 Å². The summed E-state index contributed by atoms with van der Waals surface area (Å²) >= 11 is 0. The number of nitrogens with zero attached hydrogens (tertiary/aromatic N) is 1. The van der Waals surface area contributed by atoms with Crippen LogP contribution in [-0.4, -0.2) is 114 Å². The van der Waals surface area contributed by atoms with Crippen molar-refractivity contribution in [1.82, 2.24) is 31.9 Å². The van der Waals surface area contributed by atoms with Crippen LogP contribution in [0.15, 0.2) is 4.99 Å². The van der Waals surface area contributed by atoms with E-state index in [1.54, 1.807) is 27.7 Å². The van der Waals surface area contributed by atoms with E-state index in [1.165, 1.54) is 6.92 Å². The number of hydrogen-bond acceptors (Lipinski definition) is 11. The molecule has 314 valence electrons. The molecule has 0 saturated carbocycles. The Bertz CT molecular complexity index is 1330. The van der Waals surface area contributed by atoms with Crippen LogP contribution in [0.5, 0.6) is 0 Å². The molecule has 0 aliphatic rings. The molecule has 0 heterocycles. The number of unbranched alkanes of at least 4 members (excludes halogenated alkanes) is 1. The lowest BCUT2D eigenvalue weighted by atomic mass is 9.97. The molecule has 0 fully saturated rings. The molecular formula is C34H64N12O9. The van der Waals surface area contributed by atoms with Crippen LogP contribution >= 0.6 is 0 Å². The van der Waals surface area contributed by atoms with Gasteiger partial charge in [-0.25, -0.2) is 4.79 Å². The zero-order valence-corrected chi connectivity index (χ0v) is 32.7. The Hall–Kier alpha value is -5.05. The third-order valence-corrected chi connectivity index (χ3v) is 8.54. The zero-order chi connectivity index (χ0) is 42.2. The van der Waals surface area contributed by atoms with Crippen molar-refractivity contribution in [2.24, 2.45) is 45.5 Å². The minimum absolute atomic E-state index is 0.0300. The Morgan fingerprint density at radius 1 is 0.636 bits per heavy atom. The van der Waals surface area contributed by atoms with Gasteiger partial charge in [-0.3, -0.25) is 38.6 Å². The Kier molecular flexibility index (Phi) is 24.2. The predicted octanol–water partition coefficient (Wildman–Crippen LogP) is -3.50. The fourth-order valence-electron chi connectivity index (χ4n) is 5.20. The van der Waals surface area contributed by atoms with Crippen molar-refractivity contribution < 1.29 is 43.5 Å². The number of amides is 7. The van der Waals surface area contributed by atoms with Crippen molar-refractivity contribution in [1.29, 1.82) is 0 Å². The summed E-state index contributed by atoms with van der Waals surface area (Å²) in [5.74, 6) is -7.30. The van der Waals surface area contributed by atoms with E-state index in [0.29, 0.717) is 25.8 Å². The van der Waals surface area contributed by atoms with Gasteiger partial charge in [0.1, 0.15) is 36.3 Å². The molecule has 0 aliphatic heterocycles. The standard InChI is InChI=1S/C34H64N12O9/c1-6-19(4)27(46-28(49)20(5)41-29(50)21(10-7-8-14-35)42-26(48)17-36)32(53)44-23(12-13-25(37)47)31(52)43-22(11-9-15-40-34(38)39)30(51)45-24(33(54)55)16-18(2)3/h18-24,27H,6-17,35-36H2,1-5H3,(H2,37,47)(H,41,50)(H,42,48)(H,43,52)(H,44,53)(H,45,51)(H,46,49)(H,54,55)(H4,38,39,40)/t19-,20-,21-,22-,23-,24-,27-/m0/s1. The maximum absolute atomic E-state index is 13.7. The van der Waals surface area contributed by atoms with Gasteiger partial charge in [0, 0.05) is 13.0 Å². The van der Waals surface area contributed by atoms with E-state index in [2.05, 4.69) is 36.9 Å². The van der Waals surface area contributed by atoms with Crippen molar-refractivity contribution in [3.05, 3.63) is 0 Å². The summed E-state index contributed by atoms with van der Waals surface area (Å²) in [5.41, 5.74) is 27.0. The van der Waals surface area contributed by atoms with Gasteiger partial charge < -0.3 is 65.7 Å². The van der Waals surface area contributed by atoms with Gasteiger partial charge in [-0.1, -0.05) is 34.1 Å². The van der Waals surface area contributed by atoms with Gasteiger partial charge in [0.25, 0.3) is 0 Å². The number of rotatable bonds is 28. The summed E-state index contributed by atoms with van der Waals surface area (Å²) in [4.78, 5) is 107. The number of carboxylic acid groups (broad SMARTS) is 1. The number of aliphatic imine (C=N–C) groups is 1. The largest absolute Gasteiger partial charge is 0.480 e. The molecule has 0 unspecified atom stereocenters. The molecule has 17 N–H and O–H groups in total. The van der Waals surface area contributed by atoms with Crippen molar-refractivity contribution in [2.75, 3.05) is 19.6 Å².